The van der Waals surface area contributed by atoms with Crippen LogP contribution in [0, 0.1) is 5.92 Å². The lowest BCUT2D eigenvalue weighted by atomic mass is 10.0. The number of carbonyl (C=O) groups is 2. The predicted octanol–water partition coefficient (Wildman–Crippen LogP) is 1.76. The van der Waals surface area contributed by atoms with Gasteiger partial charge in [-0.1, -0.05) is 6.42 Å². The normalized spacial score (nSPS) is 25.2. The van der Waals surface area contributed by atoms with E-state index < -0.39 is 23.6 Å². The van der Waals surface area contributed by atoms with Gasteiger partial charge in [-0.2, -0.15) is 0 Å². The summed E-state index contributed by atoms with van der Waals surface area (Å²) in [6.07, 6.45) is 1.62. The molecule has 1 fully saturated rings. The van der Waals surface area contributed by atoms with Gasteiger partial charge in [-0.3, -0.25) is 4.79 Å². The van der Waals surface area contributed by atoms with Gasteiger partial charge in [-0.15, -0.1) is 0 Å². The van der Waals surface area contributed by atoms with Crippen molar-refractivity contribution in [2.75, 3.05) is 0 Å². The number of rotatable bonds is 2. The lowest BCUT2D eigenvalue weighted by Crippen LogP contribution is -2.42. The summed E-state index contributed by atoms with van der Waals surface area (Å²) < 4.78 is 5.08. The number of aliphatic carboxylic acids is 1. The molecule has 2 atom stereocenters. The lowest BCUT2D eigenvalue weighted by molar-refractivity contribution is -0.142. The van der Waals surface area contributed by atoms with E-state index in [4.69, 9.17) is 9.84 Å². The van der Waals surface area contributed by atoms with Crippen LogP contribution in [0.4, 0.5) is 4.79 Å². The van der Waals surface area contributed by atoms with Crippen LogP contribution in [0.1, 0.15) is 40.0 Å². The molecular weight excluding hydrogens is 210 g/mol. The van der Waals surface area contributed by atoms with Crippen molar-refractivity contribution in [1.29, 1.82) is 0 Å². The summed E-state index contributed by atoms with van der Waals surface area (Å²) in [7, 11) is 0. The fourth-order valence-electron chi connectivity index (χ4n) is 1.89. The summed E-state index contributed by atoms with van der Waals surface area (Å²) in [6.45, 7) is 5.32. The molecule has 1 rings (SSSR count). The van der Waals surface area contributed by atoms with E-state index in [0.29, 0.717) is 12.8 Å². The quantitative estimate of drug-likeness (QED) is 0.756. The number of alkyl carbamates (subject to hydrolysis) is 1. The minimum Gasteiger partial charge on any atom is -0.481 e. The van der Waals surface area contributed by atoms with Crippen LogP contribution in [0.2, 0.25) is 0 Å². The maximum absolute atomic E-state index is 11.5. The second-order valence-corrected chi connectivity index (χ2v) is 5.13. The molecule has 1 aliphatic carbocycles. The second kappa shape index (κ2) is 4.72. The van der Waals surface area contributed by atoms with Crippen molar-refractivity contribution in [2.24, 2.45) is 5.92 Å². The maximum Gasteiger partial charge on any atom is 0.407 e. The Kier molecular flexibility index (Phi) is 3.78. The third kappa shape index (κ3) is 3.72. The van der Waals surface area contributed by atoms with Crippen molar-refractivity contribution in [3.8, 4) is 0 Å². The Balaban J connectivity index is 2.47. The van der Waals surface area contributed by atoms with Crippen molar-refractivity contribution in [2.45, 2.75) is 51.7 Å². The first-order valence-corrected chi connectivity index (χ1v) is 5.52. The summed E-state index contributed by atoms with van der Waals surface area (Å²) in [5, 5.41) is 11.6. The van der Waals surface area contributed by atoms with Crippen LogP contribution in [-0.4, -0.2) is 28.8 Å². The van der Waals surface area contributed by atoms with E-state index in [0.717, 1.165) is 6.42 Å². The molecule has 1 saturated carbocycles. The van der Waals surface area contributed by atoms with E-state index in [1.807, 2.05) is 0 Å². The first kappa shape index (κ1) is 12.8. The van der Waals surface area contributed by atoms with Gasteiger partial charge in [0, 0.05) is 6.04 Å². The largest absolute Gasteiger partial charge is 0.481 e. The fraction of sp³-hybridized carbons (Fsp3) is 0.818. The molecule has 0 aliphatic heterocycles. The minimum absolute atomic E-state index is 0.299. The number of hydrogen-bond acceptors (Lipinski definition) is 3. The van der Waals surface area contributed by atoms with Crippen LogP contribution in [0.5, 0.6) is 0 Å². The Morgan fingerprint density at radius 1 is 1.31 bits per heavy atom. The van der Waals surface area contributed by atoms with Crippen molar-refractivity contribution < 1.29 is 19.4 Å². The number of nitrogens with one attached hydrogen (secondary N) is 1. The average molecular weight is 229 g/mol. The van der Waals surface area contributed by atoms with Gasteiger partial charge in [0.25, 0.3) is 0 Å². The molecule has 0 spiro atoms. The Hall–Kier alpha value is -1.26. The predicted molar refractivity (Wildman–Crippen MR) is 58.1 cm³/mol. The Bertz CT molecular complexity index is 282. The van der Waals surface area contributed by atoms with Crippen molar-refractivity contribution >= 4 is 12.1 Å². The molecule has 0 aromatic heterocycles. The Morgan fingerprint density at radius 3 is 2.44 bits per heavy atom. The molecule has 0 unspecified atom stereocenters. The minimum atomic E-state index is -0.849. The number of amides is 1. The SMILES string of the molecule is CC(C)(C)OC(=O)N[C@H]1CCC[C@H]1C(=O)O. The van der Waals surface area contributed by atoms with E-state index in [1.165, 1.54) is 0 Å². The van der Waals surface area contributed by atoms with Gasteiger partial charge in [0.2, 0.25) is 0 Å². The van der Waals surface area contributed by atoms with Crippen LogP contribution < -0.4 is 5.32 Å². The first-order chi connectivity index (χ1) is 7.29. The monoisotopic (exact) mass is 229 g/mol. The molecule has 1 aliphatic rings. The van der Waals surface area contributed by atoms with Gasteiger partial charge in [0.05, 0.1) is 5.92 Å². The zero-order chi connectivity index (χ0) is 12.3. The summed E-state index contributed by atoms with van der Waals surface area (Å²) in [5.74, 6) is -1.33. The van der Waals surface area contributed by atoms with Crippen LogP contribution in [-0.2, 0) is 9.53 Å². The highest BCUT2D eigenvalue weighted by Gasteiger charge is 2.34. The van der Waals surface area contributed by atoms with Gasteiger partial charge in [0.15, 0.2) is 0 Å². The van der Waals surface area contributed by atoms with Crippen LogP contribution in [0.15, 0.2) is 0 Å². The summed E-state index contributed by atoms with van der Waals surface area (Å²) in [5.41, 5.74) is -0.554. The average Bonchev–Trinajstić information content (AvgIpc) is 2.47. The van der Waals surface area contributed by atoms with E-state index >= 15 is 0 Å². The zero-order valence-corrected chi connectivity index (χ0v) is 9.95. The molecule has 0 heterocycles. The molecule has 1 amide bonds. The number of carboxylic acid groups (broad SMARTS) is 1. The summed E-state index contributed by atoms with van der Waals surface area (Å²) >= 11 is 0. The highest BCUT2D eigenvalue weighted by Crippen LogP contribution is 2.26. The molecule has 5 heteroatoms. The van der Waals surface area contributed by atoms with Gasteiger partial charge in [-0.05, 0) is 33.6 Å². The molecular formula is C11H19NO4. The Morgan fingerprint density at radius 2 is 1.94 bits per heavy atom. The number of carbonyl (C=O) groups excluding carboxylic acids is 1. The van der Waals surface area contributed by atoms with E-state index in [1.54, 1.807) is 20.8 Å². The fourth-order valence-corrected chi connectivity index (χ4v) is 1.89. The topological polar surface area (TPSA) is 75.6 Å². The van der Waals surface area contributed by atoms with E-state index in [9.17, 15) is 9.59 Å². The highest BCUT2D eigenvalue weighted by molar-refractivity contribution is 5.74. The van der Waals surface area contributed by atoms with Crippen molar-refractivity contribution in [3.63, 3.8) is 0 Å². The first-order valence-electron chi connectivity index (χ1n) is 5.52. The van der Waals surface area contributed by atoms with E-state index in [-0.39, 0.29) is 6.04 Å². The van der Waals surface area contributed by atoms with E-state index in [2.05, 4.69) is 5.32 Å². The summed E-state index contributed by atoms with van der Waals surface area (Å²) in [4.78, 5) is 22.3. The Labute approximate surface area is 95.2 Å². The lowest BCUT2D eigenvalue weighted by Gasteiger charge is -2.23. The van der Waals surface area contributed by atoms with Gasteiger partial charge >= 0.3 is 12.1 Å². The summed E-state index contributed by atoms with van der Waals surface area (Å²) in [6, 6.07) is -0.299. The molecule has 0 radical (unpaired) electrons. The van der Waals surface area contributed by atoms with Crippen LogP contribution in [0.3, 0.4) is 0 Å². The highest BCUT2D eigenvalue weighted by atomic mass is 16.6. The standard InChI is InChI=1S/C11H19NO4/c1-11(2,3)16-10(15)12-8-6-4-5-7(8)9(13)14/h7-8H,4-6H2,1-3H3,(H,12,15)(H,13,14)/t7-,8+/m1/s1. The number of hydrogen-bond donors (Lipinski definition) is 2. The van der Waals surface area contributed by atoms with Gasteiger partial charge in [-0.25, -0.2) is 4.79 Å². The smallest absolute Gasteiger partial charge is 0.407 e. The zero-order valence-electron chi connectivity index (χ0n) is 9.95. The van der Waals surface area contributed by atoms with Crippen LogP contribution >= 0.6 is 0 Å². The number of carboxylic acids is 1. The molecule has 0 saturated heterocycles. The molecule has 0 bridgehead atoms. The molecule has 2 N–H and O–H groups in total. The van der Waals surface area contributed by atoms with Gasteiger partial charge < -0.3 is 15.2 Å². The maximum atomic E-state index is 11.5. The van der Waals surface area contributed by atoms with Crippen molar-refractivity contribution in [1.82, 2.24) is 5.32 Å². The molecule has 0 aromatic carbocycles. The molecule has 92 valence electrons. The van der Waals surface area contributed by atoms with Crippen LogP contribution in [0.25, 0.3) is 0 Å². The third-order valence-corrected chi connectivity index (χ3v) is 2.54. The second-order valence-electron chi connectivity index (χ2n) is 5.13. The third-order valence-electron chi connectivity index (χ3n) is 2.54. The number of ether oxygens (including phenoxy) is 1. The van der Waals surface area contributed by atoms with Crippen molar-refractivity contribution in [3.05, 3.63) is 0 Å². The molecule has 16 heavy (non-hydrogen) atoms. The molecule has 5 nitrogen and oxygen atoms in total. The molecule has 0 aromatic rings. The van der Waals surface area contributed by atoms with Gasteiger partial charge in [0.1, 0.15) is 5.60 Å².